The van der Waals surface area contributed by atoms with Crippen LogP contribution in [0.3, 0.4) is 0 Å². The SMILES string of the molecule is CCOCCOC(=O)c1ccc(NC(=O)CSc2nc(C)cc(=O)[nH]2)cc1. The largest absolute Gasteiger partial charge is 0.460 e. The van der Waals surface area contributed by atoms with Gasteiger partial charge in [-0.1, -0.05) is 11.8 Å². The number of aryl methyl sites for hydroxylation is 1. The molecular formula is C18H21N3O5S. The second-order valence-electron chi connectivity index (χ2n) is 5.44. The molecule has 0 fully saturated rings. The molecule has 0 unspecified atom stereocenters. The van der Waals surface area contributed by atoms with Gasteiger partial charge in [0.15, 0.2) is 5.16 Å². The second kappa shape index (κ2) is 10.5. The Morgan fingerprint density at radius 1 is 1.22 bits per heavy atom. The van der Waals surface area contributed by atoms with E-state index in [-0.39, 0.29) is 23.8 Å². The third-order valence-corrected chi connectivity index (χ3v) is 4.13. The average Bonchev–Trinajstić information content (AvgIpc) is 2.63. The number of benzene rings is 1. The third kappa shape index (κ3) is 7.24. The number of amides is 1. The number of H-pyrrole nitrogens is 1. The molecule has 0 bridgehead atoms. The van der Waals surface area contributed by atoms with Crippen molar-refractivity contribution in [2.45, 2.75) is 19.0 Å². The smallest absolute Gasteiger partial charge is 0.338 e. The molecule has 27 heavy (non-hydrogen) atoms. The number of carbonyl (C=O) groups is 2. The van der Waals surface area contributed by atoms with Gasteiger partial charge >= 0.3 is 5.97 Å². The first kappa shape index (κ1) is 20.7. The number of hydrogen-bond acceptors (Lipinski definition) is 7. The highest BCUT2D eigenvalue weighted by Gasteiger charge is 2.09. The molecule has 2 N–H and O–H groups in total. The topological polar surface area (TPSA) is 110 Å². The fourth-order valence-corrected chi connectivity index (χ4v) is 2.78. The lowest BCUT2D eigenvalue weighted by atomic mass is 10.2. The van der Waals surface area contributed by atoms with Gasteiger partial charge in [-0.05, 0) is 38.1 Å². The summed E-state index contributed by atoms with van der Waals surface area (Å²) in [6.07, 6.45) is 0. The minimum Gasteiger partial charge on any atom is -0.460 e. The molecule has 144 valence electrons. The highest BCUT2D eigenvalue weighted by atomic mass is 32.2. The molecular weight excluding hydrogens is 370 g/mol. The van der Waals surface area contributed by atoms with Gasteiger partial charge in [0.2, 0.25) is 5.91 Å². The van der Waals surface area contributed by atoms with Crippen LogP contribution in [0.2, 0.25) is 0 Å². The lowest BCUT2D eigenvalue weighted by molar-refractivity contribution is -0.113. The van der Waals surface area contributed by atoms with Gasteiger partial charge in [-0.2, -0.15) is 0 Å². The number of aromatic nitrogens is 2. The van der Waals surface area contributed by atoms with Crippen LogP contribution in [0.25, 0.3) is 0 Å². The van der Waals surface area contributed by atoms with Crippen molar-refractivity contribution in [2.24, 2.45) is 0 Å². The molecule has 2 aromatic rings. The second-order valence-corrected chi connectivity index (χ2v) is 6.40. The Morgan fingerprint density at radius 2 is 1.96 bits per heavy atom. The van der Waals surface area contributed by atoms with E-state index in [0.29, 0.717) is 35.3 Å². The van der Waals surface area contributed by atoms with Crippen molar-refractivity contribution in [3.63, 3.8) is 0 Å². The van der Waals surface area contributed by atoms with Crippen molar-refractivity contribution in [1.29, 1.82) is 0 Å². The molecule has 0 radical (unpaired) electrons. The number of nitrogens with one attached hydrogen (secondary N) is 2. The summed E-state index contributed by atoms with van der Waals surface area (Å²) in [5, 5.41) is 3.10. The van der Waals surface area contributed by atoms with Crippen molar-refractivity contribution in [1.82, 2.24) is 9.97 Å². The summed E-state index contributed by atoms with van der Waals surface area (Å²) < 4.78 is 10.2. The predicted molar refractivity (Wildman–Crippen MR) is 102 cm³/mol. The van der Waals surface area contributed by atoms with Crippen LogP contribution in [0, 0.1) is 6.92 Å². The van der Waals surface area contributed by atoms with Gasteiger partial charge in [0, 0.05) is 24.1 Å². The van der Waals surface area contributed by atoms with E-state index < -0.39 is 5.97 Å². The van der Waals surface area contributed by atoms with Crippen LogP contribution >= 0.6 is 11.8 Å². The molecule has 0 aliphatic carbocycles. The van der Waals surface area contributed by atoms with E-state index >= 15 is 0 Å². The Balaban J connectivity index is 1.82. The average molecular weight is 391 g/mol. The molecule has 0 spiro atoms. The number of anilines is 1. The first-order valence-electron chi connectivity index (χ1n) is 8.33. The molecule has 9 heteroatoms. The molecule has 8 nitrogen and oxygen atoms in total. The quantitative estimate of drug-likeness (QED) is 0.291. The van der Waals surface area contributed by atoms with Crippen molar-refractivity contribution in [3.05, 3.63) is 51.9 Å². The zero-order valence-corrected chi connectivity index (χ0v) is 15.9. The first-order chi connectivity index (χ1) is 13.0. The van der Waals surface area contributed by atoms with Crippen LogP contribution in [0.1, 0.15) is 23.0 Å². The van der Waals surface area contributed by atoms with Gasteiger partial charge in [-0.15, -0.1) is 0 Å². The summed E-state index contributed by atoms with van der Waals surface area (Å²) in [5.41, 5.74) is 1.28. The maximum Gasteiger partial charge on any atom is 0.338 e. The van der Waals surface area contributed by atoms with E-state index in [1.165, 1.54) is 6.07 Å². The predicted octanol–water partition coefficient (Wildman–Crippen LogP) is 2.00. The van der Waals surface area contributed by atoms with E-state index in [9.17, 15) is 14.4 Å². The van der Waals surface area contributed by atoms with Crippen LogP contribution in [0.5, 0.6) is 0 Å². The Bertz CT molecular complexity index is 836. The number of thioether (sulfide) groups is 1. The van der Waals surface area contributed by atoms with E-state index in [1.807, 2.05) is 6.92 Å². The van der Waals surface area contributed by atoms with Crippen LogP contribution in [0.15, 0.2) is 40.3 Å². The van der Waals surface area contributed by atoms with Crippen LogP contribution in [-0.2, 0) is 14.3 Å². The minimum atomic E-state index is -0.447. The van der Waals surface area contributed by atoms with E-state index in [2.05, 4.69) is 15.3 Å². The van der Waals surface area contributed by atoms with Gasteiger partial charge in [0.25, 0.3) is 5.56 Å². The Kier molecular flexibility index (Phi) is 8.02. The van der Waals surface area contributed by atoms with Crippen molar-refractivity contribution >= 4 is 29.3 Å². The van der Waals surface area contributed by atoms with Crippen molar-refractivity contribution in [3.8, 4) is 0 Å². The Labute approximate surface area is 160 Å². The van der Waals surface area contributed by atoms with E-state index in [0.717, 1.165) is 11.8 Å². The summed E-state index contributed by atoms with van der Waals surface area (Å²) in [6.45, 7) is 4.69. The van der Waals surface area contributed by atoms with E-state index in [4.69, 9.17) is 9.47 Å². The van der Waals surface area contributed by atoms with Crippen LogP contribution in [0.4, 0.5) is 5.69 Å². The molecule has 0 aliphatic rings. The number of rotatable bonds is 9. The Morgan fingerprint density at radius 3 is 2.63 bits per heavy atom. The van der Waals surface area contributed by atoms with Gasteiger partial charge in [-0.3, -0.25) is 9.59 Å². The summed E-state index contributed by atoms with van der Waals surface area (Å²) in [4.78, 5) is 42.0. The molecule has 1 aromatic carbocycles. The minimum absolute atomic E-state index is 0.0909. The molecule has 1 amide bonds. The monoisotopic (exact) mass is 391 g/mol. The molecule has 1 aromatic heterocycles. The highest BCUT2D eigenvalue weighted by Crippen LogP contribution is 2.14. The first-order valence-corrected chi connectivity index (χ1v) is 9.32. The molecule has 2 rings (SSSR count). The lowest BCUT2D eigenvalue weighted by Gasteiger charge is -2.07. The van der Waals surface area contributed by atoms with Gasteiger partial charge < -0.3 is 19.8 Å². The maximum atomic E-state index is 12.0. The molecule has 0 saturated heterocycles. The highest BCUT2D eigenvalue weighted by molar-refractivity contribution is 7.99. The van der Waals surface area contributed by atoms with Crippen LogP contribution < -0.4 is 10.9 Å². The zero-order chi connectivity index (χ0) is 19.6. The van der Waals surface area contributed by atoms with Crippen LogP contribution in [-0.4, -0.2) is 47.4 Å². The summed E-state index contributed by atoms with van der Waals surface area (Å²) >= 11 is 1.13. The van der Waals surface area contributed by atoms with Gasteiger partial charge in [-0.25, -0.2) is 9.78 Å². The molecule has 0 atom stereocenters. The van der Waals surface area contributed by atoms with Gasteiger partial charge in [0.1, 0.15) is 6.61 Å². The standard InChI is InChI=1S/C18H21N3O5S/c1-3-25-8-9-26-17(24)13-4-6-14(7-5-13)20-16(23)11-27-18-19-12(2)10-15(22)21-18/h4-7,10H,3,8-9,11H2,1-2H3,(H,20,23)(H,19,21,22). The number of nitrogens with zero attached hydrogens (tertiary/aromatic N) is 1. The fraction of sp³-hybridized carbons (Fsp3) is 0.333. The van der Waals surface area contributed by atoms with Crippen molar-refractivity contribution < 1.29 is 19.1 Å². The van der Waals surface area contributed by atoms with E-state index in [1.54, 1.807) is 31.2 Å². The maximum absolute atomic E-state index is 12.0. The summed E-state index contributed by atoms with van der Waals surface area (Å²) in [7, 11) is 0. The number of ether oxygens (including phenoxy) is 2. The fourth-order valence-electron chi connectivity index (χ4n) is 2.06. The molecule has 0 saturated carbocycles. The summed E-state index contributed by atoms with van der Waals surface area (Å²) in [5.74, 6) is -0.609. The lowest BCUT2D eigenvalue weighted by Crippen LogP contribution is -2.16. The molecule has 0 aliphatic heterocycles. The number of aromatic amines is 1. The van der Waals surface area contributed by atoms with Gasteiger partial charge in [0.05, 0.1) is 17.9 Å². The van der Waals surface area contributed by atoms with Crippen molar-refractivity contribution in [2.75, 3.05) is 30.9 Å². The number of hydrogen-bond donors (Lipinski definition) is 2. The normalized spacial score (nSPS) is 10.4. The third-order valence-electron chi connectivity index (χ3n) is 3.26. The zero-order valence-electron chi connectivity index (χ0n) is 15.1. The summed E-state index contributed by atoms with van der Waals surface area (Å²) in [6, 6.07) is 7.77. The number of carbonyl (C=O) groups excluding carboxylic acids is 2. The Hall–Kier alpha value is -2.65. The number of esters is 1. The molecule has 1 heterocycles.